The number of halogens is 1. The van der Waals surface area contributed by atoms with E-state index < -0.39 is 5.91 Å². The van der Waals surface area contributed by atoms with Gasteiger partial charge < -0.3 is 20.1 Å². The Morgan fingerprint density at radius 3 is 2.67 bits per heavy atom. The van der Waals surface area contributed by atoms with Crippen LogP contribution in [0.5, 0.6) is 5.75 Å². The van der Waals surface area contributed by atoms with Crippen molar-refractivity contribution in [2.45, 2.75) is 0 Å². The normalized spacial score (nSPS) is 15.6. The number of nitrogens with zero attached hydrogens (tertiary/aromatic N) is 1. The Hall–Kier alpha value is -1.46. The van der Waals surface area contributed by atoms with Crippen LogP contribution in [0.15, 0.2) is 12.1 Å². The van der Waals surface area contributed by atoms with E-state index in [1.807, 2.05) is 0 Å². The highest BCUT2D eigenvalue weighted by molar-refractivity contribution is 6.33. The zero-order valence-electron chi connectivity index (χ0n) is 10.1. The van der Waals surface area contributed by atoms with Gasteiger partial charge in [0, 0.05) is 19.2 Å². The minimum Gasteiger partial charge on any atom is -0.496 e. The molecule has 98 valence electrons. The predicted molar refractivity (Wildman–Crippen MR) is 69.6 cm³/mol. The molecule has 0 aromatic heterocycles. The van der Waals surface area contributed by atoms with Gasteiger partial charge in [-0.2, -0.15) is 0 Å². The second-order valence-corrected chi connectivity index (χ2v) is 4.37. The van der Waals surface area contributed by atoms with Gasteiger partial charge in [-0.25, -0.2) is 0 Å². The first kappa shape index (κ1) is 13.0. The van der Waals surface area contributed by atoms with Gasteiger partial charge in [0.05, 0.1) is 36.6 Å². The second kappa shape index (κ2) is 5.46. The molecule has 2 N–H and O–H groups in total. The van der Waals surface area contributed by atoms with Gasteiger partial charge in [0.15, 0.2) is 0 Å². The minimum atomic E-state index is -0.553. The van der Waals surface area contributed by atoms with Crippen molar-refractivity contribution in [2.24, 2.45) is 5.73 Å². The molecule has 1 aromatic carbocycles. The maximum Gasteiger partial charge on any atom is 0.252 e. The van der Waals surface area contributed by atoms with Crippen LogP contribution in [0.25, 0.3) is 0 Å². The number of carbonyl (C=O) groups excluding carboxylic acids is 1. The van der Waals surface area contributed by atoms with Crippen LogP contribution in [-0.4, -0.2) is 39.3 Å². The lowest BCUT2D eigenvalue weighted by Gasteiger charge is -2.30. The van der Waals surface area contributed by atoms with E-state index in [4.69, 9.17) is 26.8 Å². The van der Waals surface area contributed by atoms with E-state index in [-0.39, 0.29) is 0 Å². The van der Waals surface area contributed by atoms with Gasteiger partial charge in [0.2, 0.25) is 0 Å². The number of hydrogen-bond acceptors (Lipinski definition) is 4. The number of hydrogen-bond donors (Lipinski definition) is 1. The number of carbonyl (C=O) groups is 1. The van der Waals surface area contributed by atoms with Crippen molar-refractivity contribution >= 4 is 23.2 Å². The Morgan fingerprint density at radius 2 is 2.11 bits per heavy atom. The van der Waals surface area contributed by atoms with Crippen molar-refractivity contribution in [3.05, 3.63) is 22.7 Å². The van der Waals surface area contributed by atoms with Crippen LogP contribution in [0, 0.1) is 0 Å². The van der Waals surface area contributed by atoms with E-state index in [1.54, 1.807) is 12.1 Å². The number of morpholine rings is 1. The van der Waals surface area contributed by atoms with Crippen LogP contribution in [0.2, 0.25) is 5.02 Å². The van der Waals surface area contributed by atoms with Gasteiger partial charge in [-0.3, -0.25) is 4.79 Å². The third kappa shape index (κ3) is 2.52. The lowest BCUT2D eigenvalue weighted by atomic mass is 10.1. The number of methoxy groups -OCH3 is 1. The fourth-order valence-corrected chi connectivity index (χ4v) is 2.23. The fraction of sp³-hybridized carbons (Fsp3) is 0.417. The van der Waals surface area contributed by atoms with Crippen LogP contribution in [-0.2, 0) is 4.74 Å². The fourth-order valence-electron chi connectivity index (χ4n) is 1.95. The molecule has 0 spiro atoms. The summed E-state index contributed by atoms with van der Waals surface area (Å²) >= 11 is 6.19. The topological polar surface area (TPSA) is 64.8 Å². The first-order valence-corrected chi connectivity index (χ1v) is 6.01. The molecule has 2 rings (SSSR count). The molecule has 1 saturated heterocycles. The Labute approximate surface area is 110 Å². The lowest BCUT2D eigenvalue weighted by Crippen LogP contribution is -2.36. The smallest absolute Gasteiger partial charge is 0.252 e. The van der Waals surface area contributed by atoms with E-state index in [9.17, 15) is 4.79 Å². The molecule has 0 bridgehead atoms. The van der Waals surface area contributed by atoms with Gasteiger partial charge in [-0.05, 0) is 6.07 Å². The van der Waals surface area contributed by atoms with Crippen LogP contribution >= 0.6 is 11.6 Å². The van der Waals surface area contributed by atoms with E-state index >= 15 is 0 Å². The highest BCUT2D eigenvalue weighted by atomic mass is 35.5. The van der Waals surface area contributed by atoms with E-state index in [2.05, 4.69) is 4.90 Å². The summed E-state index contributed by atoms with van der Waals surface area (Å²) in [6, 6.07) is 3.29. The average Bonchev–Trinajstić information content (AvgIpc) is 2.39. The molecule has 0 unspecified atom stereocenters. The molecule has 0 atom stereocenters. The number of benzene rings is 1. The molecule has 0 aliphatic carbocycles. The summed E-state index contributed by atoms with van der Waals surface area (Å²) in [5.41, 5.74) is 6.40. The summed E-state index contributed by atoms with van der Waals surface area (Å²) in [6.45, 7) is 2.85. The van der Waals surface area contributed by atoms with Crippen molar-refractivity contribution < 1.29 is 14.3 Å². The zero-order chi connectivity index (χ0) is 13.1. The first-order chi connectivity index (χ1) is 8.63. The highest BCUT2D eigenvalue weighted by Gasteiger charge is 2.19. The molecule has 5 nitrogen and oxygen atoms in total. The van der Waals surface area contributed by atoms with E-state index in [0.29, 0.717) is 29.5 Å². The van der Waals surface area contributed by atoms with Crippen molar-refractivity contribution in [1.29, 1.82) is 0 Å². The molecule has 6 heteroatoms. The third-order valence-electron chi connectivity index (χ3n) is 2.89. The number of anilines is 1. The standard InChI is InChI=1S/C12H15ClN2O3/c1-17-11-7-10(15-2-4-18-5-3-15)9(13)6-8(11)12(14)16/h6-7H,2-5H2,1H3,(H2,14,16). The maximum absolute atomic E-state index is 11.3. The quantitative estimate of drug-likeness (QED) is 0.899. The molecular formula is C12H15ClN2O3. The number of amides is 1. The largest absolute Gasteiger partial charge is 0.496 e. The number of nitrogens with two attached hydrogens (primary N) is 1. The average molecular weight is 271 g/mol. The van der Waals surface area contributed by atoms with Crippen LogP contribution in [0.4, 0.5) is 5.69 Å². The molecule has 1 aromatic rings. The Morgan fingerprint density at radius 1 is 1.44 bits per heavy atom. The van der Waals surface area contributed by atoms with Crippen molar-refractivity contribution in [3.63, 3.8) is 0 Å². The molecule has 1 heterocycles. The summed E-state index contributed by atoms with van der Waals surface area (Å²) in [4.78, 5) is 13.4. The second-order valence-electron chi connectivity index (χ2n) is 3.97. The predicted octanol–water partition coefficient (Wildman–Crippen LogP) is 1.28. The minimum absolute atomic E-state index is 0.291. The molecule has 18 heavy (non-hydrogen) atoms. The molecule has 1 aliphatic rings. The van der Waals surface area contributed by atoms with E-state index in [0.717, 1.165) is 18.8 Å². The van der Waals surface area contributed by atoms with Gasteiger partial charge in [0.25, 0.3) is 5.91 Å². The number of rotatable bonds is 3. The van der Waals surface area contributed by atoms with Gasteiger partial charge in [-0.1, -0.05) is 11.6 Å². The molecule has 1 amide bonds. The van der Waals surface area contributed by atoms with Gasteiger partial charge in [0.1, 0.15) is 5.75 Å². The number of primary amides is 1. The lowest BCUT2D eigenvalue weighted by molar-refractivity contribution is 0.0997. The Balaban J connectivity index is 2.39. The summed E-state index contributed by atoms with van der Waals surface area (Å²) in [5, 5.41) is 0.492. The van der Waals surface area contributed by atoms with Crippen LogP contribution in [0.1, 0.15) is 10.4 Å². The molecule has 1 aliphatic heterocycles. The van der Waals surface area contributed by atoms with Crippen molar-refractivity contribution in [1.82, 2.24) is 0 Å². The zero-order valence-corrected chi connectivity index (χ0v) is 10.9. The van der Waals surface area contributed by atoms with Gasteiger partial charge >= 0.3 is 0 Å². The highest BCUT2D eigenvalue weighted by Crippen LogP contribution is 2.33. The molecular weight excluding hydrogens is 256 g/mol. The molecule has 1 fully saturated rings. The number of ether oxygens (including phenoxy) is 2. The first-order valence-electron chi connectivity index (χ1n) is 5.63. The Kier molecular flexibility index (Phi) is 3.93. The van der Waals surface area contributed by atoms with Crippen LogP contribution in [0.3, 0.4) is 0 Å². The monoisotopic (exact) mass is 270 g/mol. The van der Waals surface area contributed by atoms with Crippen LogP contribution < -0.4 is 15.4 Å². The summed E-state index contributed by atoms with van der Waals surface area (Å²) < 4.78 is 10.5. The molecule has 0 saturated carbocycles. The summed E-state index contributed by atoms with van der Waals surface area (Å²) in [6.07, 6.45) is 0. The van der Waals surface area contributed by atoms with Crippen molar-refractivity contribution in [3.8, 4) is 5.75 Å². The van der Waals surface area contributed by atoms with Gasteiger partial charge in [-0.15, -0.1) is 0 Å². The molecule has 0 radical (unpaired) electrons. The Bertz CT molecular complexity index is 459. The van der Waals surface area contributed by atoms with E-state index in [1.165, 1.54) is 7.11 Å². The third-order valence-corrected chi connectivity index (χ3v) is 3.19. The SMILES string of the molecule is COc1cc(N2CCOCC2)c(Cl)cc1C(N)=O. The summed E-state index contributed by atoms with van der Waals surface area (Å²) in [7, 11) is 1.50. The maximum atomic E-state index is 11.3. The van der Waals surface area contributed by atoms with Crippen molar-refractivity contribution in [2.75, 3.05) is 38.3 Å². The summed E-state index contributed by atoms with van der Waals surface area (Å²) in [5.74, 6) is -0.115.